The van der Waals surface area contributed by atoms with Crippen LogP contribution in [-0.2, 0) is 4.79 Å². The largest absolute Gasteiger partial charge is 0.550 e. The molecule has 7 nitrogen and oxygen atoms in total. The van der Waals surface area contributed by atoms with Crippen molar-refractivity contribution in [1.82, 2.24) is 14.1 Å². The lowest BCUT2D eigenvalue weighted by molar-refractivity contribution is -0.302. The molecule has 0 atom stereocenters. The van der Waals surface area contributed by atoms with Crippen molar-refractivity contribution in [2.75, 3.05) is 18.4 Å². The summed E-state index contributed by atoms with van der Waals surface area (Å²) in [6, 6.07) is 3.67. The van der Waals surface area contributed by atoms with Gasteiger partial charge in [-0.3, -0.25) is 4.99 Å². The molecule has 20 heavy (non-hydrogen) atoms. The number of guanidine groups is 1. The fourth-order valence-corrected chi connectivity index (χ4v) is 2.29. The number of benzene rings is 1. The Morgan fingerprint density at radius 1 is 1.50 bits per heavy atom. The molecule has 0 unspecified atom stereocenters. The smallest absolute Gasteiger partial charge is 0.196 e. The van der Waals surface area contributed by atoms with Crippen LogP contribution in [0.25, 0.3) is 11.0 Å². The summed E-state index contributed by atoms with van der Waals surface area (Å²) in [5.74, 6) is -0.345. The molecule has 106 valence electrons. The zero-order valence-electron chi connectivity index (χ0n) is 10.5. The van der Waals surface area contributed by atoms with E-state index >= 15 is 0 Å². The van der Waals surface area contributed by atoms with Crippen LogP contribution in [0.5, 0.6) is 0 Å². The zero-order chi connectivity index (χ0) is 14.5. The third-order valence-electron chi connectivity index (χ3n) is 2.29. The molecule has 9 heteroatoms. The number of hydrogen-bond acceptors (Lipinski definition) is 8. The van der Waals surface area contributed by atoms with E-state index in [-0.39, 0.29) is 0 Å². The summed E-state index contributed by atoms with van der Waals surface area (Å²) in [5.41, 5.74) is 2.39. The highest BCUT2D eigenvalue weighted by atomic mass is 35.5. The van der Waals surface area contributed by atoms with Crippen LogP contribution in [0, 0.1) is 0 Å². The van der Waals surface area contributed by atoms with Gasteiger partial charge in [-0.1, -0.05) is 11.6 Å². The summed E-state index contributed by atoms with van der Waals surface area (Å²) in [6.45, 7) is 2.61. The maximum Gasteiger partial charge on any atom is 0.196 e. The molecule has 0 amide bonds. The first-order valence-electron chi connectivity index (χ1n) is 5.71. The van der Waals surface area contributed by atoms with Crippen molar-refractivity contribution in [1.29, 1.82) is 0 Å². The molecule has 3 rings (SSSR count). The Hall–Kier alpha value is -1.93. The molecule has 0 bridgehead atoms. The van der Waals surface area contributed by atoms with Gasteiger partial charge < -0.3 is 20.5 Å². The lowest BCUT2D eigenvalue weighted by atomic mass is 10.2. The summed E-state index contributed by atoms with van der Waals surface area (Å²) >= 11 is 7.30. The first-order valence-corrected chi connectivity index (χ1v) is 6.82. The molecule has 0 saturated heterocycles. The van der Waals surface area contributed by atoms with Crippen LogP contribution >= 0.6 is 23.3 Å². The Balaban J connectivity index is 0.000000328. The third kappa shape index (κ3) is 3.55. The molecular formula is C11H11ClN5O2S-. The monoisotopic (exact) mass is 312 g/mol. The van der Waals surface area contributed by atoms with Crippen molar-refractivity contribution in [2.45, 2.75) is 6.92 Å². The first kappa shape index (κ1) is 14.5. The van der Waals surface area contributed by atoms with Crippen LogP contribution in [0.4, 0.5) is 5.69 Å². The predicted molar refractivity (Wildman–Crippen MR) is 77.0 cm³/mol. The molecule has 1 aliphatic rings. The molecule has 1 aliphatic heterocycles. The number of rotatable bonds is 1. The number of aliphatic carboxylic acids is 1. The minimum absolute atomic E-state index is 0.622. The fourth-order valence-electron chi connectivity index (χ4n) is 1.55. The number of aliphatic imine (C=N–C) groups is 1. The Bertz CT molecular complexity index is 653. The summed E-state index contributed by atoms with van der Waals surface area (Å²) in [5, 5.41) is 15.8. The number of aromatic nitrogens is 2. The van der Waals surface area contributed by atoms with E-state index in [1.807, 2.05) is 12.1 Å². The van der Waals surface area contributed by atoms with E-state index in [0.29, 0.717) is 5.02 Å². The third-order valence-corrected chi connectivity index (χ3v) is 3.15. The van der Waals surface area contributed by atoms with Gasteiger partial charge in [0.1, 0.15) is 11.0 Å². The van der Waals surface area contributed by atoms with Gasteiger partial charge in [0.15, 0.2) is 5.96 Å². The summed E-state index contributed by atoms with van der Waals surface area (Å²) < 4.78 is 8.39. The van der Waals surface area contributed by atoms with E-state index in [1.165, 1.54) is 11.7 Å². The normalized spacial score (nSPS) is 13.2. The standard InChI is InChI=1S/C9H8ClN5S.C2H4O2/c10-5-1-2-6-8(15-16-14-6)7(5)13-9-11-3-4-12-9;1-2(3)4/h1-2H,3-4H2,(H2,11,12,13);1H3,(H,3,4)/p-1. The van der Waals surface area contributed by atoms with Gasteiger partial charge in [-0.2, -0.15) is 8.75 Å². The van der Waals surface area contributed by atoms with E-state index in [4.69, 9.17) is 21.5 Å². The highest BCUT2D eigenvalue weighted by Gasteiger charge is 2.13. The van der Waals surface area contributed by atoms with Crippen LogP contribution in [0.15, 0.2) is 17.1 Å². The number of anilines is 1. The highest BCUT2D eigenvalue weighted by molar-refractivity contribution is 7.00. The summed E-state index contributed by atoms with van der Waals surface area (Å²) in [6.07, 6.45) is 0. The van der Waals surface area contributed by atoms with Gasteiger partial charge >= 0.3 is 0 Å². The number of halogens is 1. The summed E-state index contributed by atoms with van der Waals surface area (Å²) in [4.78, 5) is 13.1. The van der Waals surface area contributed by atoms with Gasteiger partial charge in [0.25, 0.3) is 0 Å². The number of hydrogen-bond donors (Lipinski definition) is 2. The average molecular weight is 313 g/mol. The topological polar surface area (TPSA) is 102 Å². The van der Waals surface area contributed by atoms with E-state index in [0.717, 1.165) is 42.7 Å². The molecule has 0 spiro atoms. The Morgan fingerprint density at radius 2 is 2.25 bits per heavy atom. The molecule has 2 heterocycles. The van der Waals surface area contributed by atoms with Crippen LogP contribution in [0.2, 0.25) is 5.02 Å². The Morgan fingerprint density at radius 3 is 2.90 bits per heavy atom. The van der Waals surface area contributed by atoms with Gasteiger partial charge in [0.05, 0.1) is 29.0 Å². The number of carboxylic acid groups (broad SMARTS) is 1. The zero-order valence-corrected chi connectivity index (χ0v) is 12.1. The quantitative estimate of drug-likeness (QED) is 0.793. The van der Waals surface area contributed by atoms with Crippen molar-refractivity contribution in [2.24, 2.45) is 4.99 Å². The maximum atomic E-state index is 8.89. The summed E-state index contributed by atoms with van der Waals surface area (Å²) in [7, 11) is 0. The van der Waals surface area contributed by atoms with Gasteiger partial charge in [-0.05, 0) is 19.1 Å². The number of carboxylic acids is 1. The number of carbonyl (C=O) groups excluding carboxylic acids is 1. The lowest BCUT2D eigenvalue weighted by Crippen LogP contribution is -2.26. The second-order valence-corrected chi connectivity index (χ2v) is 4.76. The van der Waals surface area contributed by atoms with Crippen LogP contribution < -0.4 is 15.7 Å². The van der Waals surface area contributed by atoms with Crippen molar-refractivity contribution in [3.8, 4) is 0 Å². The fraction of sp³-hybridized carbons (Fsp3) is 0.273. The van der Waals surface area contributed by atoms with Crippen molar-refractivity contribution >= 4 is 52.0 Å². The second kappa shape index (κ2) is 6.49. The average Bonchev–Trinajstić information content (AvgIpc) is 3.03. The van der Waals surface area contributed by atoms with E-state index in [1.54, 1.807) is 0 Å². The molecular weight excluding hydrogens is 302 g/mol. The molecule has 1 aromatic carbocycles. The van der Waals surface area contributed by atoms with Gasteiger partial charge in [0.2, 0.25) is 0 Å². The molecule has 0 radical (unpaired) electrons. The maximum absolute atomic E-state index is 8.89. The van der Waals surface area contributed by atoms with Crippen LogP contribution in [0.3, 0.4) is 0 Å². The van der Waals surface area contributed by atoms with Crippen molar-refractivity contribution in [3.05, 3.63) is 17.2 Å². The van der Waals surface area contributed by atoms with Crippen molar-refractivity contribution < 1.29 is 9.90 Å². The number of carbonyl (C=O) groups is 1. The van der Waals surface area contributed by atoms with E-state index in [9.17, 15) is 0 Å². The second-order valence-electron chi connectivity index (χ2n) is 3.83. The van der Waals surface area contributed by atoms with E-state index < -0.39 is 5.97 Å². The number of nitrogens with zero attached hydrogens (tertiary/aromatic N) is 3. The Labute approximate surface area is 124 Å². The minimum atomic E-state index is -1.08. The van der Waals surface area contributed by atoms with Crippen LogP contribution in [0.1, 0.15) is 6.92 Å². The Kier molecular flexibility index (Phi) is 4.70. The molecule has 0 fully saturated rings. The SMILES string of the molecule is CC(=O)[O-].Clc1ccc2nsnc2c1NC1=NCCN1. The highest BCUT2D eigenvalue weighted by Crippen LogP contribution is 2.29. The van der Waals surface area contributed by atoms with Gasteiger partial charge in [0, 0.05) is 12.5 Å². The van der Waals surface area contributed by atoms with Crippen molar-refractivity contribution in [3.63, 3.8) is 0 Å². The predicted octanol–water partition coefficient (Wildman–Crippen LogP) is 0.472. The molecule has 0 saturated carbocycles. The number of fused-ring (bicyclic) bond motifs is 1. The molecule has 0 aliphatic carbocycles. The lowest BCUT2D eigenvalue weighted by Gasteiger charge is -2.08. The first-order chi connectivity index (χ1) is 9.58. The minimum Gasteiger partial charge on any atom is -0.550 e. The van der Waals surface area contributed by atoms with Gasteiger partial charge in [-0.15, -0.1) is 0 Å². The van der Waals surface area contributed by atoms with Crippen LogP contribution in [-0.4, -0.2) is 33.8 Å². The molecule has 2 N–H and O–H groups in total. The van der Waals surface area contributed by atoms with Gasteiger partial charge in [-0.25, -0.2) is 0 Å². The molecule has 2 aromatic rings. The number of nitrogens with one attached hydrogen (secondary N) is 2. The van der Waals surface area contributed by atoms with E-state index in [2.05, 4.69) is 24.4 Å². The molecule has 1 aromatic heterocycles.